The zero-order chi connectivity index (χ0) is 27.8. The van der Waals surface area contributed by atoms with Crippen molar-refractivity contribution in [2.45, 2.75) is 46.0 Å². The molecule has 4 rings (SSSR count). The largest absolute Gasteiger partial charge is 0.301 e. The van der Waals surface area contributed by atoms with Crippen LogP contribution in [0.25, 0.3) is 0 Å². The zero-order valence-corrected chi connectivity index (χ0v) is 24.1. The molecule has 2 N–H and O–H groups in total. The van der Waals surface area contributed by atoms with Gasteiger partial charge < -0.3 is 10.6 Å². The van der Waals surface area contributed by atoms with Gasteiger partial charge in [0, 0.05) is 31.6 Å². The Morgan fingerprint density at radius 1 is 1.00 bits per heavy atom. The lowest BCUT2D eigenvalue weighted by molar-refractivity contribution is -0.117. The molecule has 208 valence electrons. The van der Waals surface area contributed by atoms with Gasteiger partial charge in [0.05, 0.1) is 6.42 Å². The van der Waals surface area contributed by atoms with E-state index in [1.807, 2.05) is 19.1 Å². The highest BCUT2D eigenvalue weighted by Crippen LogP contribution is 2.30. The van der Waals surface area contributed by atoms with E-state index in [1.54, 1.807) is 24.8 Å². The van der Waals surface area contributed by atoms with Crippen LogP contribution < -0.4 is 10.6 Å². The predicted molar refractivity (Wildman–Crippen MR) is 153 cm³/mol. The van der Waals surface area contributed by atoms with E-state index < -0.39 is 0 Å². The molecule has 3 unspecified atom stereocenters. The lowest BCUT2D eigenvalue weighted by Gasteiger charge is -2.21. The maximum atomic E-state index is 13.7. The van der Waals surface area contributed by atoms with E-state index in [9.17, 15) is 18.4 Å². The topological polar surface area (TPSA) is 110 Å². The summed E-state index contributed by atoms with van der Waals surface area (Å²) in [4.78, 5) is 24.6. The molecular weight excluding hydrogens is 563 g/mol. The van der Waals surface area contributed by atoms with E-state index in [2.05, 4.69) is 31.0 Å². The molecule has 8 nitrogen and oxygen atoms in total. The van der Waals surface area contributed by atoms with Gasteiger partial charge in [-0.25, -0.2) is 8.78 Å². The molecule has 2 aromatic rings. The molecule has 39 heavy (non-hydrogen) atoms. The second-order valence-electron chi connectivity index (χ2n) is 9.49. The fourth-order valence-electron chi connectivity index (χ4n) is 4.17. The Kier molecular flexibility index (Phi) is 10.5. The van der Waals surface area contributed by atoms with Crippen molar-refractivity contribution in [3.63, 3.8) is 0 Å². The van der Waals surface area contributed by atoms with Crippen LogP contribution in [-0.4, -0.2) is 43.7 Å². The normalized spacial score (nSPS) is 20.7. The van der Waals surface area contributed by atoms with Gasteiger partial charge >= 0.3 is 0 Å². The van der Waals surface area contributed by atoms with Gasteiger partial charge in [-0.15, -0.1) is 20.4 Å². The Labute approximate surface area is 238 Å². The first-order chi connectivity index (χ1) is 18.7. The predicted octanol–water partition coefficient (Wildman–Crippen LogP) is 6.06. The van der Waals surface area contributed by atoms with Gasteiger partial charge in [0.25, 0.3) is 0 Å². The van der Waals surface area contributed by atoms with Crippen LogP contribution in [0.3, 0.4) is 0 Å². The second-order valence-corrected chi connectivity index (χ2v) is 12.8. The van der Waals surface area contributed by atoms with Crippen LogP contribution in [0.4, 0.5) is 19.0 Å². The molecule has 2 heterocycles. The molecule has 0 saturated carbocycles. The third-order valence-electron chi connectivity index (χ3n) is 6.18. The van der Waals surface area contributed by atoms with Gasteiger partial charge in [-0.3, -0.25) is 9.59 Å². The SMILES string of the molecule is CC1C=C(CC(=O)Nc2nnc(CCSCCc3nnc(NC(=O)CC4C=CC=C(F)C4C)s3)s2)C=C(F)C1. The molecule has 0 bridgehead atoms. The van der Waals surface area contributed by atoms with Crippen LogP contribution in [0.1, 0.15) is 43.1 Å². The first-order valence-electron chi connectivity index (χ1n) is 12.7. The number of hydrogen-bond acceptors (Lipinski definition) is 9. The van der Waals surface area contributed by atoms with Crippen molar-refractivity contribution in [1.82, 2.24) is 20.4 Å². The van der Waals surface area contributed by atoms with Crippen molar-refractivity contribution in [2.75, 3.05) is 22.1 Å². The Morgan fingerprint density at radius 2 is 1.64 bits per heavy atom. The van der Waals surface area contributed by atoms with Gasteiger partial charge in [-0.1, -0.05) is 54.7 Å². The molecule has 2 aliphatic carbocycles. The molecule has 2 aromatic heterocycles. The molecule has 0 fully saturated rings. The summed E-state index contributed by atoms with van der Waals surface area (Å²) in [6, 6.07) is 0. The molecule has 3 atom stereocenters. The molecule has 2 aliphatic rings. The van der Waals surface area contributed by atoms with Gasteiger partial charge in [-0.2, -0.15) is 11.8 Å². The number of carbonyl (C=O) groups excluding carboxylic acids is 2. The highest BCUT2D eigenvalue weighted by atomic mass is 32.2. The van der Waals surface area contributed by atoms with Crippen molar-refractivity contribution < 1.29 is 18.4 Å². The Balaban J connectivity index is 1.11. The number of halogens is 2. The Morgan fingerprint density at radius 3 is 2.28 bits per heavy atom. The summed E-state index contributed by atoms with van der Waals surface area (Å²) < 4.78 is 27.3. The van der Waals surface area contributed by atoms with Gasteiger partial charge in [-0.05, 0) is 41.1 Å². The minimum Gasteiger partial charge on any atom is -0.301 e. The van der Waals surface area contributed by atoms with E-state index in [-0.39, 0.29) is 54.1 Å². The smallest absolute Gasteiger partial charge is 0.230 e. The van der Waals surface area contributed by atoms with Crippen LogP contribution in [0, 0.1) is 17.8 Å². The van der Waals surface area contributed by atoms with Crippen LogP contribution >= 0.6 is 34.4 Å². The summed E-state index contributed by atoms with van der Waals surface area (Å²) in [6.45, 7) is 3.69. The summed E-state index contributed by atoms with van der Waals surface area (Å²) in [5.74, 6) is 0.405. The number of anilines is 2. The number of amides is 2. The standard InChI is InChI=1S/C26H30F2N6O2S3/c1-15-10-17(12-19(27)11-15)13-21(35)29-25-33-31-23(38-25)6-8-37-9-7-24-32-34-26(39-24)30-22(36)14-18-4-3-5-20(28)16(18)2/h3-5,10,12,15-16,18H,6-9,11,13-14H2,1-2H3,(H,29,33,35)(H,30,34,36). The summed E-state index contributed by atoms with van der Waals surface area (Å²) >= 11 is 4.42. The van der Waals surface area contributed by atoms with Crippen LogP contribution in [-0.2, 0) is 22.4 Å². The summed E-state index contributed by atoms with van der Waals surface area (Å²) in [5, 5.41) is 24.4. The fraction of sp³-hybridized carbons (Fsp3) is 0.462. The number of rotatable bonds is 12. The number of nitrogens with zero attached hydrogens (tertiary/aromatic N) is 4. The van der Waals surface area contributed by atoms with E-state index in [0.717, 1.165) is 34.4 Å². The molecule has 0 spiro atoms. The van der Waals surface area contributed by atoms with E-state index in [4.69, 9.17) is 0 Å². The number of nitrogens with one attached hydrogen (secondary N) is 2. The number of aromatic nitrogens is 4. The maximum absolute atomic E-state index is 13.7. The van der Waals surface area contributed by atoms with E-state index >= 15 is 0 Å². The van der Waals surface area contributed by atoms with Crippen molar-refractivity contribution in [2.24, 2.45) is 17.8 Å². The molecule has 0 aromatic carbocycles. The minimum absolute atomic E-state index is 0.0854. The lowest BCUT2D eigenvalue weighted by atomic mass is 9.86. The molecule has 2 amide bonds. The molecular formula is C26H30F2N6O2S3. The number of thioether (sulfide) groups is 1. The molecule has 0 aliphatic heterocycles. The highest BCUT2D eigenvalue weighted by molar-refractivity contribution is 7.99. The lowest BCUT2D eigenvalue weighted by Crippen LogP contribution is -2.21. The first kappa shape index (κ1) is 29.2. The summed E-state index contributed by atoms with van der Waals surface area (Å²) in [7, 11) is 0. The van der Waals surface area contributed by atoms with Crippen LogP contribution in [0.5, 0.6) is 0 Å². The van der Waals surface area contributed by atoms with Crippen LogP contribution in [0.15, 0.2) is 47.6 Å². The number of allylic oxidation sites excluding steroid dienone is 7. The van der Waals surface area contributed by atoms with Crippen molar-refractivity contribution in [3.8, 4) is 0 Å². The number of carbonyl (C=O) groups is 2. The minimum atomic E-state index is -0.314. The summed E-state index contributed by atoms with van der Waals surface area (Å²) in [5.41, 5.74) is 0.677. The van der Waals surface area contributed by atoms with Gasteiger partial charge in [0.2, 0.25) is 22.1 Å². The third-order valence-corrected chi connectivity index (χ3v) is 8.96. The van der Waals surface area contributed by atoms with Crippen molar-refractivity contribution in [1.29, 1.82) is 0 Å². The zero-order valence-electron chi connectivity index (χ0n) is 21.7. The molecule has 0 radical (unpaired) electrons. The molecule has 0 saturated heterocycles. The average molecular weight is 593 g/mol. The first-order valence-corrected chi connectivity index (χ1v) is 15.5. The van der Waals surface area contributed by atoms with Crippen molar-refractivity contribution >= 4 is 56.5 Å². The quantitative estimate of drug-likeness (QED) is 0.288. The average Bonchev–Trinajstić information content (AvgIpc) is 3.50. The maximum Gasteiger partial charge on any atom is 0.230 e. The van der Waals surface area contributed by atoms with Gasteiger partial charge in [0.1, 0.15) is 21.7 Å². The van der Waals surface area contributed by atoms with Gasteiger partial charge in [0.15, 0.2) is 0 Å². The van der Waals surface area contributed by atoms with Crippen molar-refractivity contribution in [3.05, 3.63) is 57.6 Å². The molecule has 13 heteroatoms. The Hall–Kier alpha value is -2.77. The van der Waals surface area contributed by atoms with Crippen LogP contribution in [0.2, 0.25) is 0 Å². The highest BCUT2D eigenvalue weighted by Gasteiger charge is 2.24. The number of hydrogen-bond donors (Lipinski definition) is 2. The third kappa shape index (κ3) is 9.14. The summed E-state index contributed by atoms with van der Waals surface area (Å²) in [6.07, 6.45) is 10.4. The van der Waals surface area contributed by atoms with E-state index in [0.29, 0.717) is 22.3 Å². The van der Waals surface area contributed by atoms with E-state index in [1.165, 1.54) is 34.8 Å². The second kappa shape index (κ2) is 14.0. The number of aryl methyl sites for hydroxylation is 2. The monoisotopic (exact) mass is 592 g/mol. The fourth-order valence-corrected chi connectivity index (χ4v) is 6.82. The Bertz CT molecular complexity index is 1300.